The van der Waals surface area contributed by atoms with E-state index in [0.717, 1.165) is 12.8 Å². The molecule has 3 aromatic rings. The highest BCUT2D eigenvalue weighted by atomic mass is 19.4. The zero-order valence-corrected chi connectivity index (χ0v) is 22.6. The van der Waals surface area contributed by atoms with Gasteiger partial charge in [0.05, 0.1) is 42.3 Å². The lowest BCUT2D eigenvalue weighted by atomic mass is 9.81. The van der Waals surface area contributed by atoms with Crippen molar-refractivity contribution in [1.29, 1.82) is 0 Å². The number of amides is 2. The molecule has 0 radical (unpaired) electrons. The van der Waals surface area contributed by atoms with Crippen LogP contribution in [0.1, 0.15) is 96.5 Å². The third kappa shape index (κ3) is 6.84. The number of aromatic nitrogens is 4. The lowest BCUT2D eigenvalue weighted by Gasteiger charge is -2.33. The van der Waals surface area contributed by atoms with Gasteiger partial charge in [-0.3, -0.25) is 9.59 Å². The number of fused-ring (bicyclic) bond motifs is 1. The van der Waals surface area contributed by atoms with Crippen LogP contribution in [-0.4, -0.2) is 43.7 Å². The molecule has 2 aliphatic rings. The van der Waals surface area contributed by atoms with Gasteiger partial charge in [0, 0.05) is 19.3 Å². The molecular weight excluding hydrogens is 551 g/mol. The first-order chi connectivity index (χ1) is 19.3. The van der Waals surface area contributed by atoms with Gasteiger partial charge in [-0.15, -0.1) is 0 Å². The third-order valence-electron chi connectivity index (χ3n) is 7.86. The molecule has 0 aromatic carbocycles. The van der Waals surface area contributed by atoms with Gasteiger partial charge in [-0.25, -0.2) is 18.3 Å². The Kier molecular flexibility index (Phi) is 7.77. The fourth-order valence-corrected chi connectivity index (χ4v) is 5.48. The molecule has 2 aliphatic carbocycles. The van der Waals surface area contributed by atoms with Crippen molar-refractivity contribution < 1.29 is 36.1 Å². The highest BCUT2D eigenvalue weighted by Gasteiger charge is 2.40. The third-order valence-corrected chi connectivity index (χ3v) is 7.86. The highest BCUT2D eigenvalue weighted by Crippen LogP contribution is 2.43. The Morgan fingerprint density at radius 3 is 2.39 bits per heavy atom. The number of alkyl halides is 5. The Hall–Kier alpha value is -3.58. The van der Waals surface area contributed by atoms with Crippen LogP contribution in [0.2, 0.25) is 0 Å². The lowest BCUT2D eigenvalue weighted by Crippen LogP contribution is -2.37. The average Bonchev–Trinajstić information content (AvgIpc) is 3.56. The van der Waals surface area contributed by atoms with Gasteiger partial charge in [-0.05, 0) is 63.0 Å². The van der Waals surface area contributed by atoms with Gasteiger partial charge in [0.2, 0.25) is 11.8 Å². The quantitative estimate of drug-likeness (QED) is 0.320. The highest BCUT2D eigenvalue weighted by molar-refractivity contribution is 5.96. The number of nitrogens with zero attached hydrogens (tertiary/aromatic N) is 4. The maximum atomic E-state index is 14.0. The molecule has 9 nitrogen and oxygen atoms in total. The number of nitrogens with one attached hydrogen (secondary N) is 2. The van der Waals surface area contributed by atoms with Gasteiger partial charge >= 0.3 is 6.18 Å². The summed E-state index contributed by atoms with van der Waals surface area (Å²) in [5.74, 6) is -3.81. The second-order valence-electron chi connectivity index (χ2n) is 11.1. The zero-order valence-electron chi connectivity index (χ0n) is 22.6. The largest absolute Gasteiger partial charge is 0.389 e. The Labute approximate surface area is 232 Å². The summed E-state index contributed by atoms with van der Waals surface area (Å²) in [5.41, 5.74) is 2.10. The zero-order chi connectivity index (χ0) is 29.5. The maximum Gasteiger partial charge on any atom is 0.389 e. The van der Waals surface area contributed by atoms with E-state index in [1.165, 1.54) is 10.7 Å². The summed E-state index contributed by atoms with van der Waals surface area (Å²) < 4.78 is 72.3. The van der Waals surface area contributed by atoms with Gasteiger partial charge < -0.3 is 15.2 Å². The minimum Gasteiger partial charge on any atom is -0.361 e. The Morgan fingerprint density at radius 1 is 1.10 bits per heavy atom. The molecule has 222 valence electrons. The van der Waals surface area contributed by atoms with E-state index in [2.05, 4.69) is 25.9 Å². The summed E-state index contributed by atoms with van der Waals surface area (Å²) >= 11 is 0. The van der Waals surface area contributed by atoms with Crippen molar-refractivity contribution in [2.75, 3.05) is 0 Å². The van der Waals surface area contributed by atoms with Crippen molar-refractivity contribution in [2.45, 2.75) is 89.4 Å². The number of imidazole rings is 1. The van der Waals surface area contributed by atoms with Crippen molar-refractivity contribution in [3.8, 4) is 0 Å². The molecule has 41 heavy (non-hydrogen) atoms. The first-order valence-corrected chi connectivity index (χ1v) is 13.6. The molecule has 3 heterocycles. The SMILES string of the molecule is Cc1noc(C)c1C(=O)N[C@H](c1cn2ncc([C@H](NC(=O)CCC(F)(F)F)C3CC3)cc2n1)C1CCC(F)(F)CC1. The molecule has 3 aromatic heterocycles. The minimum atomic E-state index is -4.43. The Morgan fingerprint density at radius 2 is 1.78 bits per heavy atom. The van der Waals surface area contributed by atoms with E-state index in [4.69, 9.17) is 4.52 Å². The first kappa shape index (κ1) is 28.9. The van der Waals surface area contributed by atoms with E-state index in [0.29, 0.717) is 28.4 Å². The van der Waals surface area contributed by atoms with Crippen molar-refractivity contribution in [2.24, 2.45) is 11.8 Å². The van der Waals surface area contributed by atoms with Crippen molar-refractivity contribution >= 4 is 17.5 Å². The Bertz CT molecular complexity index is 1400. The molecule has 0 aliphatic heterocycles. The van der Waals surface area contributed by atoms with Gasteiger partial charge in [0.15, 0.2) is 5.65 Å². The lowest BCUT2D eigenvalue weighted by molar-refractivity contribution is -0.144. The topological polar surface area (TPSA) is 114 Å². The van der Waals surface area contributed by atoms with E-state index in [1.54, 1.807) is 26.1 Å². The molecule has 0 bridgehead atoms. The predicted molar refractivity (Wildman–Crippen MR) is 135 cm³/mol. The summed E-state index contributed by atoms with van der Waals surface area (Å²) in [5, 5.41) is 13.9. The molecule has 5 rings (SSSR count). The molecule has 2 atom stereocenters. The summed E-state index contributed by atoms with van der Waals surface area (Å²) in [7, 11) is 0. The van der Waals surface area contributed by atoms with Gasteiger partial charge in [-0.2, -0.15) is 18.3 Å². The molecule has 0 spiro atoms. The maximum absolute atomic E-state index is 14.0. The fraction of sp³-hybridized carbons (Fsp3) is 0.593. The molecular formula is C27H31F5N6O3. The van der Waals surface area contributed by atoms with E-state index in [-0.39, 0.29) is 43.1 Å². The average molecular weight is 583 g/mol. The van der Waals surface area contributed by atoms with Crippen LogP contribution in [0.4, 0.5) is 22.0 Å². The second-order valence-corrected chi connectivity index (χ2v) is 11.1. The number of carbonyl (C=O) groups is 2. The van der Waals surface area contributed by atoms with Crippen molar-refractivity contribution in [1.82, 2.24) is 30.4 Å². The van der Waals surface area contributed by atoms with Crippen LogP contribution < -0.4 is 10.6 Å². The van der Waals surface area contributed by atoms with Crippen molar-refractivity contribution in [3.05, 3.63) is 46.7 Å². The van der Waals surface area contributed by atoms with Crippen LogP contribution in [0.15, 0.2) is 23.0 Å². The number of rotatable bonds is 9. The molecule has 2 saturated carbocycles. The number of hydrogen-bond donors (Lipinski definition) is 2. The summed E-state index contributed by atoms with van der Waals surface area (Å²) in [4.78, 5) is 30.2. The molecule has 14 heteroatoms. The molecule has 2 N–H and O–H groups in total. The number of carbonyl (C=O) groups excluding carboxylic acids is 2. The van der Waals surface area contributed by atoms with E-state index >= 15 is 0 Å². The van der Waals surface area contributed by atoms with Gasteiger partial charge in [0.1, 0.15) is 11.3 Å². The first-order valence-electron chi connectivity index (χ1n) is 13.6. The van der Waals surface area contributed by atoms with Crippen LogP contribution in [0.5, 0.6) is 0 Å². The fourth-order valence-electron chi connectivity index (χ4n) is 5.48. The number of halogens is 5. The Balaban J connectivity index is 1.40. The van der Waals surface area contributed by atoms with E-state index < -0.39 is 48.8 Å². The minimum absolute atomic E-state index is 0.0783. The van der Waals surface area contributed by atoms with Crippen LogP contribution in [0, 0.1) is 25.7 Å². The summed E-state index contributed by atoms with van der Waals surface area (Å²) in [6.07, 6.45) is -1.75. The standard InChI is InChI=1S/C27H31F5N6O3/c1-14-22(15(2)41-37-14)25(40)36-24(17-5-8-26(28,29)9-6-17)19-13-38-20(34-19)11-18(12-33-38)23(16-3-4-16)35-21(39)7-10-27(30,31)32/h11-13,16-17,23-24H,3-10H2,1-2H3,(H,35,39)(H,36,40)/t23-,24+/m1/s1. The molecule has 0 unspecified atom stereocenters. The number of aryl methyl sites for hydroxylation is 2. The summed E-state index contributed by atoms with van der Waals surface area (Å²) in [6, 6.07) is 0.494. The molecule has 2 amide bonds. The van der Waals surface area contributed by atoms with E-state index in [1.807, 2.05) is 0 Å². The second kappa shape index (κ2) is 11.0. The van der Waals surface area contributed by atoms with E-state index in [9.17, 15) is 31.5 Å². The monoisotopic (exact) mass is 582 g/mol. The van der Waals surface area contributed by atoms with Crippen LogP contribution >= 0.6 is 0 Å². The van der Waals surface area contributed by atoms with Gasteiger partial charge in [-0.1, -0.05) is 5.16 Å². The smallest absolute Gasteiger partial charge is 0.361 e. The van der Waals surface area contributed by atoms with Crippen LogP contribution in [0.3, 0.4) is 0 Å². The normalized spacial score (nSPS) is 19.2. The predicted octanol–water partition coefficient (Wildman–Crippen LogP) is 5.54. The van der Waals surface area contributed by atoms with Crippen LogP contribution in [-0.2, 0) is 4.79 Å². The van der Waals surface area contributed by atoms with Gasteiger partial charge in [0.25, 0.3) is 5.91 Å². The number of hydrogen-bond acceptors (Lipinski definition) is 6. The molecule has 2 fully saturated rings. The van der Waals surface area contributed by atoms with Crippen LogP contribution in [0.25, 0.3) is 5.65 Å². The molecule has 0 saturated heterocycles. The summed E-state index contributed by atoms with van der Waals surface area (Å²) in [6.45, 7) is 3.25. The van der Waals surface area contributed by atoms with Crippen molar-refractivity contribution in [3.63, 3.8) is 0 Å².